The Morgan fingerprint density at radius 2 is 1.72 bits per heavy atom. The lowest BCUT2D eigenvalue weighted by molar-refractivity contribution is 0.00102. The molecule has 2 rings (SSSR count). The van der Waals surface area contributed by atoms with E-state index in [1.54, 1.807) is 0 Å². The fourth-order valence-electron chi connectivity index (χ4n) is 3.63. The van der Waals surface area contributed by atoms with Gasteiger partial charge in [0.05, 0.1) is 6.10 Å². The molecule has 1 aliphatic carbocycles. The average molecular weight is 466 g/mol. The molecule has 2 fully saturated rings. The van der Waals surface area contributed by atoms with Crippen LogP contribution in [0.3, 0.4) is 0 Å². The van der Waals surface area contributed by atoms with Gasteiger partial charge < -0.3 is 20.3 Å². The summed E-state index contributed by atoms with van der Waals surface area (Å²) in [7, 11) is 1.88. The maximum atomic E-state index is 6.17. The number of hydrogen-bond donors (Lipinski definition) is 2. The summed E-state index contributed by atoms with van der Waals surface area (Å²) < 4.78 is 6.17. The Morgan fingerprint density at radius 3 is 2.28 bits per heavy atom. The van der Waals surface area contributed by atoms with E-state index in [2.05, 4.69) is 41.3 Å². The molecular formula is C19H39IN4O. The summed E-state index contributed by atoms with van der Waals surface area (Å²) in [5.41, 5.74) is 0.167. The van der Waals surface area contributed by atoms with Gasteiger partial charge in [0.15, 0.2) is 5.96 Å². The van der Waals surface area contributed by atoms with Crippen molar-refractivity contribution in [3.05, 3.63) is 0 Å². The lowest BCUT2D eigenvalue weighted by atomic mass is 10.1. The van der Waals surface area contributed by atoms with Gasteiger partial charge in [0.2, 0.25) is 0 Å². The molecule has 0 unspecified atom stereocenters. The highest BCUT2D eigenvalue weighted by Gasteiger charge is 2.23. The van der Waals surface area contributed by atoms with Crippen molar-refractivity contribution in [3.8, 4) is 0 Å². The Bertz CT molecular complexity index is 383. The zero-order chi connectivity index (χ0) is 17.4. The summed E-state index contributed by atoms with van der Waals surface area (Å²) in [6.45, 7) is 11.5. The minimum atomic E-state index is 0. The van der Waals surface area contributed by atoms with Gasteiger partial charge in [0, 0.05) is 45.4 Å². The number of aliphatic imine (C=N–C) groups is 1. The summed E-state index contributed by atoms with van der Waals surface area (Å²) in [5.74, 6) is 1.85. The van der Waals surface area contributed by atoms with Crippen molar-refractivity contribution in [3.63, 3.8) is 0 Å². The molecule has 148 valence electrons. The molecule has 0 aromatic rings. The van der Waals surface area contributed by atoms with Crippen LogP contribution in [-0.2, 0) is 4.74 Å². The number of halogens is 1. The minimum Gasteiger partial charge on any atom is -0.378 e. The number of guanidine groups is 1. The van der Waals surface area contributed by atoms with Gasteiger partial charge in [-0.25, -0.2) is 0 Å². The molecule has 0 amide bonds. The molecule has 25 heavy (non-hydrogen) atoms. The molecule has 2 aliphatic rings. The Balaban J connectivity index is 0.00000312. The average Bonchev–Trinajstić information content (AvgIpc) is 3.06. The first kappa shape index (κ1) is 23.0. The number of likely N-dealkylation sites (tertiary alicyclic amines) is 1. The highest BCUT2D eigenvalue weighted by Crippen LogP contribution is 2.26. The van der Waals surface area contributed by atoms with Crippen LogP contribution in [0.2, 0.25) is 0 Å². The first-order valence-electron chi connectivity index (χ1n) is 9.80. The lowest BCUT2D eigenvalue weighted by Gasteiger charge is -2.34. The fraction of sp³-hybridized carbons (Fsp3) is 0.947. The number of nitrogens with zero attached hydrogens (tertiary/aromatic N) is 2. The third-order valence-corrected chi connectivity index (χ3v) is 5.06. The quantitative estimate of drug-likeness (QED) is 0.273. The van der Waals surface area contributed by atoms with E-state index in [4.69, 9.17) is 4.74 Å². The van der Waals surface area contributed by atoms with Gasteiger partial charge in [-0.05, 0) is 52.4 Å². The smallest absolute Gasteiger partial charge is 0.193 e. The predicted octanol–water partition coefficient (Wildman–Crippen LogP) is 3.24. The molecule has 1 heterocycles. The molecule has 1 aliphatic heterocycles. The summed E-state index contributed by atoms with van der Waals surface area (Å²) in [5, 5.41) is 6.97. The molecule has 1 saturated carbocycles. The number of piperidine rings is 1. The van der Waals surface area contributed by atoms with E-state index in [1.165, 1.54) is 25.7 Å². The molecule has 5 nitrogen and oxygen atoms in total. The molecule has 6 heteroatoms. The summed E-state index contributed by atoms with van der Waals surface area (Å²) in [6, 6.07) is 0. The van der Waals surface area contributed by atoms with Crippen molar-refractivity contribution in [1.82, 2.24) is 15.5 Å². The molecule has 2 N–H and O–H groups in total. The van der Waals surface area contributed by atoms with Gasteiger partial charge in [0.25, 0.3) is 0 Å². The molecule has 0 bridgehead atoms. The minimum absolute atomic E-state index is 0. The molecule has 0 atom stereocenters. The van der Waals surface area contributed by atoms with Gasteiger partial charge in [-0.1, -0.05) is 12.8 Å². The first-order valence-corrected chi connectivity index (χ1v) is 9.80. The van der Waals surface area contributed by atoms with E-state index in [0.717, 1.165) is 57.5 Å². The molecule has 1 saturated heterocycles. The van der Waals surface area contributed by atoms with Crippen LogP contribution in [0.15, 0.2) is 4.99 Å². The molecule has 0 aromatic carbocycles. The number of ether oxygens (including phenoxy) is 1. The highest BCUT2D eigenvalue weighted by atomic mass is 127. The Morgan fingerprint density at radius 1 is 1.08 bits per heavy atom. The van der Waals surface area contributed by atoms with E-state index in [1.807, 2.05) is 7.05 Å². The van der Waals surface area contributed by atoms with E-state index in [0.29, 0.717) is 6.10 Å². The second-order valence-corrected chi connectivity index (χ2v) is 8.32. The van der Waals surface area contributed by atoms with Crippen LogP contribution >= 0.6 is 24.0 Å². The van der Waals surface area contributed by atoms with E-state index < -0.39 is 0 Å². The molecular weight excluding hydrogens is 427 g/mol. The van der Waals surface area contributed by atoms with Crippen LogP contribution in [0.1, 0.15) is 59.3 Å². The largest absolute Gasteiger partial charge is 0.378 e. The monoisotopic (exact) mass is 466 g/mol. The van der Waals surface area contributed by atoms with Crippen LogP contribution in [0.5, 0.6) is 0 Å². The molecule has 0 radical (unpaired) electrons. The van der Waals surface area contributed by atoms with Gasteiger partial charge >= 0.3 is 0 Å². The van der Waals surface area contributed by atoms with Gasteiger partial charge in [-0.2, -0.15) is 0 Å². The molecule has 0 aromatic heterocycles. The second kappa shape index (κ2) is 11.6. The predicted molar refractivity (Wildman–Crippen MR) is 117 cm³/mol. The van der Waals surface area contributed by atoms with E-state index in [9.17, 15) is 0 Å². The maximum Gasteiger partial charge on any atom is 0.193 e. The van der Waals surface area contributed by atoms with Gasteiger partial charge in [0.1, 0.15) is 0 Å². The van der Waals surface area contributed by atoms with Gasteiger partial charge in [-0.3, -0.25) is 4.99 Å². The second-order valence-electron chi connectivity index (χ2n) is 8.32. The Labute approximate surface area is 171 Å². The number of hydrogen-bond acceptors (Lipinski definition) is 3. The zero-order valence-electron chi connectivity index (χ0n) is 16.6. The standard InChI is InChI=1S/C19H38N4O.HI/c1-19(2,3)22-12-11-21-18(20-4)23-13-9-17(10-14-23)24-15-16-7-5-6-8-16;/h16-17,22H,5-15H2,1-4H3,(H,20,21);1H. The Kier molecular flexibility index (Phi) is 10.6. The van der Waals surface area contributed by atoms with Crippen molar-refractivity contribution in [2.75, 3.05) is 39.8 Å². The SMILES string of the molecule is CN=C(NCCNC(C)(C)C)N1CCC(OCC2CCCC2)CC1.I. The zero-order valence-corrected chi connectivity index (χ0v) is 19.0. The summed E-state index contributed by atoms with van der Waals surface area (Å²) >= 11 is 0. The lowest BCUT2D eigenvalue weighted by Crippen LogP contribution is -2.49. The molecule has 0 spiro atoms. The topological polar surface area (TPSA) is 48.9 Å². The fourth-order valence-corrected chi connectivity index (χ4v) is 3.63. The van der Waals surface area contributed by atoms with E-state index in [-0.39, 0.29) is 29.5 Å². The normalized spacial score (nSPS) is 20.6. The third kappa shape index (κ3) is 8.91. The van der Waals surface area contributed by atoms with Crippen molar-refractivity contribution >= 4 is 29.9 Å². The van der Waals surface area contributed by atoms with Crippen LogP contribution < -0.4 is 10.6 Å². The van der Waals surface area contributed by atoms with Crippen LogP contribution in [0.25, 0.3) is 0 Å². The van der Waals surface area contributed by atoms with Crippen molar-refractivity contribution < 1.29 is 4.74 Å². The summed E-state index contributed by atoms with van der Waals surface area (Å²) in [6.07, 6.45) is 8.23. The third-order valence-electron chi connectivity index (χ3n) is 5.06. The van der Waals surface area contributed by atoms with Crippen LogP contribution in [0.4, 0.5) is 0 Å². The first-order chi connectivity index (χ1) is 11.5. The van der Waals surface area contributed by atoms with Crippen molar-refractivity contribution in [2.45, 2.75) is 70.9 Å². The van der Waals surface area contributed by atoms with Crippen molar-refractivity contribution in [2.24, 2.45) is 10.9 Å². The van der Waals surface area contributed by atoms with Crippen LogP contribution in [0, 0.1) is 5.92 Å². The Hall–Kier alpha value is -0.0800. The van der Waals surface area contributed by atoms with E-state index >= 15 is 0 Å². The maximum absolute atomic E-state index is 6.17. The number of rotatable bonds is 6. The summed E-state index contributed by atoms with van der Waals surface area (Å²) in [4.78, 5) is 6.81. The van der Waals surface area contributed by atoms with Crippen molar-refractivity contribution in [1.29, 1.82) is 0 Å². The highest BCUT2D eigenvalue weighted by molar-refractivity contribution is 14.0. The number of nitrogens with one attached hydrogen (secondary N) is 2. The van der Waals surface area contributed by atoms with Crippen LogP contribution in [-0.4, -0.2) is 62.3 Å². The van der Waals surface area contributed by atoms with Gasteiger partial charge in [-0.15, -0.1) is 24.0 Å².